The second-order valence-electron chi connectivity index (χ2n) is 3.74. The minimum absolute atomic E-state index is 0.0787. The van der Waals surface area contributed by atoms with Gasteiger partial charge in [-0.25, -0.2) is 0 Å². The number of hydrogen-bond acceptors (Lipinski definition) is 3. The van der Waals surface area contributed by atoms with E-state index < -0.39 is 0 Å². The van der Waals surface area contributed by atoms with Crippen molar-refractivity contribution in [3.8, 4) is 0 Å². The van der Waals surface area contributed by atoms with E-state index in [1.165, 1.54) is 19.4 Å². The molecule has 0 saturated heterocycles. The van der Waals surface area contributed by atoms with Crippen LogP contribution >= 0.6 is 0 Å². The monoisotopic (exact) mass is 241 g/mol. The Hall–Kier alpha value is -1.58. The Morgan fingerprint density at radius 3 is 1.94 bits per heavy atom. The maximum absolute atomic E-state index is 11.2. The minimum Gasteiger partial charge on any atom is -0.435 e. The van der Waals surface area contributed by atoms with E-state index in [0.29, 0.717) is 0 Å². The fourth-order valence-electron chi connectivity index (χ4n) is 0.900. The molecule has 17 heavy (non-hydrogen) atoms. The Labute approximate surface area is 104 Å². The molecule has 0 heterocycles. The van der Waals surface area contributed by atoms with Crippen LogP contribution in [0.5, 0.6) is 0 Å². The molecular formula is C13H23NO3. The first-order chi connectivity index (χ1) is 7.87. The van der Waals surface area contributed by atoms with Crippen LogP contribution in [-0.4, -0.2) is 11.9 Å². The van der Waals surface area contributed by atoms with Gasteiger partial charge in [-0.1, -0.05) is 27.0 Å². The van der Waals surface area contributed by atoms with Crippen LogP contribution in [-0.2, 0) is 14.3 Å². The SMILES string of the molecule is C=CNC(C)=O.C=COC(=O)C(C)(CC)CC. The highest BCUT2D eigenvalue weighted by Crippen LogP contribution is 2.26. The average molecular weight is 241 g/mol. The van der Waals surface area contributed by atoms with Crippen LogP contribution in [0.1, 0.15) is 40.5 Å². The van der Waals surface area contributed by atoms with Crippen LogP contribution in [0, 0.1) is 5.41 Å². The van der Waals surface area contributed by atoms with Crippen molar-refractivity contribution in [2.45, 2.75) is 40.5 Å². The number of carbonyl (C=O) groups is 2. The van der Waals surface area contributed by atoms with Crippen molar-refractivity contribution in [1.82, 2.24) is 5.32 Å². The third-order valence-electron chi connectivity index (χ3n) is 2.55. The van der Waals surface area contributed by atoms with Gasteiger partial charge >= 0.3 is 5.97 Å². The normalized spacial score (nSPS) is 9.41. The van der Waals surface area contributed by atoms with E-state index in [-0.39, 0.29) is 17.3 Å². The summed E-state index contributed by atoms with van der Waals surface area (Å²) in [4.78, 5) is 21.1. The highest BCUT2D eigenvalue weighted by atomic mass is 16.5. The molecule has 4 heteroatoms. The van der Waals surface area contributed by atoms with Gasteiger partial charge in [-0.2, -0.15) is 0 Å². The van der Waals surface area contributed by atoms with E-state index >= 15 is 0 Å². The Balaban J connectivity index is 0. The van der Waals surface area contributed by atoms with Gasteiger partial charge in [0.1, 0.15) is 0 Å². The number of ether oxygens (including phenoxy) is 1. The molecule has 0 bridgehead atoms. The fraction of sp³-hybridized carbons (Fsp3) is 0.538. The summed E-state index contributed by atoms with van der Waals surface area (Å²) < 4.78 is 4.71. The molecule has 0 aromatic heterocycles. The Morgan fingerprint density at radius 2 is 1.76 bits per heavy atom. The molecule has 4 nitrogen and oxygen atoms in total. The zero-order chi connectivity index (χ0) is 13.9. The Morgan fingerprint density at radius 1 is 1.29 bits per heavy atom. The molecule has 0 aliphatic heterocycles. The molecule has 0 aromatic rings. The van der Waals surface area contributed by atoms with E-state index in [1.807, 2.05) is 20.8 Å². The van der Waals surface area contributed by atoms with E-state index in [1.54, 1.807) is 0 Å². The summed E-state index contributed by atoms with van der Waals surface area (Å²) in [6.45, 7) is 13.9. The molecule has 0 atom stereocenters. The van der Waals surface area contributed by atoms with Gasteiger partial charge in [-0.15, -0.1) is 0 Å². The molecule has 0 saturated carbocycles. The number of carbonyl (C=O) groups excluding carboxylic acids is 2. The third kappa shape index (κ3) is 8.25. The van der Waals surface area contributed by atoms with Crippen molar-refractivity contribution in [2.24, 2.45) is 5.41 Å². The lowest BCUT2D eigenvalue weighted by Gasteiger charge is -2.22. The molecule has 0 aromatic carbocycles. The second-order valence-corrected chi connectivity index (χ2v) is 3.74. The summed E-state index contributed by atoms with van der Waals surface area (Å²) in [6.07, 6.45) is 4.14. The molecule has 1 N–H and O–H groups in total. The molecule has 0 aliphatic carbocycles. The van der Waals surface area contributed by atoms with Crippen LogP contribution in [0.15, 0.2) is 25.6 Å². The number of esters is 1. The first-order valence-corrected chi connectivity index (χ1v) is 5.57. The molecule has 0 radical (unpaired) electrons. The first kappa shape index (κ1) is 17.8. The standard InChI is InChI=1S/C9H16O2.C4H7NO/c1-5-9(4,6-2)8(10)11-7-3;1-3-5-4(2)6/h7H,3,5-6H2,1-2,4H3;3H,1H2,2H3,(H,5,6). The van der Waals surface area contributed by atoms with Crippen LogP contribution in [0.4, 0.5) is 0 Å². The molecule has 0 unspecified atom stereocenters. The summed E-state index contributed by atoms with van der Waals surface area (Å²) in [5.41, 5.74) is -0.339. The van der Waals surface area contributed by atoms with E-state index in [2.05, 4.69) is 18.5 Å². The van der Waals surface area contributed by atoms with Gasteiger partial charge in [-0.3, -0.25) is 9.59 Å². The van der Waals surface area contributed by atoms with Crippen LogP contribution in [0.2, 0.25) is 0 Å². The lowest BCUT2D eigenvalue weighted by molar-refractivity contribution is -0.149. The topological polar surface area (TPSA) is 55.4 Å². The molecule has 0 fully saturated rings. The van der Waals surface area contributed by atoms with Gasteiger partial charge in [0.2, 0.25) is 5.91 Å². The van der Waals surface area contributed by atoms with Crippen molar-refractivity contribution < 1.29 is 14.3 Å². The van der Waals surface area contributed by atoms with Crippen molar-refractivity contribution in [1.29, 1.82) is 0 Å². The van der Waals surface area contributed by atoms with Crippen molar-refractivity contribution >= 4 is 11.9 Å². The predicted molar refractivity (Wildman–Crippen MR) is 69.0 cm³/mol. The van der Waals surface area contributed by atoms with E-state index in [9.17, 15) is 9.59 Å². The molecule has 98 valence electrons. The lowest BCUT2D eigenvalue weighted by atomic mass is 9.85. The number of nitrogens with one attached hydrogen (secondary N) is 1. The van der Waals surface area contributed by atoms with Crippen LogP contribution < -0.4 is 5.32 Å². The maximum atomic E-state index is 11.2. The Kier molecular flexibility index (Phi) is 10.1. The summed E-state index contributed by atoms with van der Waals surface area (Å²) in [7, 11) is 0. The summed E-state index contributed by atoms with van der Waals surface area (Å²) in [5.74, 6) is -0.262. The summed E-state index contributed by atoms with van der Waals surface area (Å²) in [5, 5.41) is 2.33. The van der Waals surface area contributed by atoms with Gasteiger partial charge < -0.3 is 10.1 Å². The minimum atomic E-state index is -0.339. The van der Waals surface area contributed by atoms with Gasteiger partial charge in [-0.05, 0) is 26.0 Å². The summed E-state index contributed by atoms with van der Waals surface area (Å²) in [6, 6.07) is 0. The van der Waals surface area contributed by atoms with Crippen molar-refractivity contribution in [3.63, 3.8) is 0 Å². The molecule has 1 amide bonds. The zero-order valence-electron chi connectivity index (χ0n) is 11.2. The molecular weight excluding hydrogens is 218 g/mol. The van der Waals surface area contributed by atoms with Gasteiger partial charge in [0.15, 0.2) is 0 Å². The molecule has 0 aliphatic rings. The van der Waals surface area contributed by atoms with E-state index in [4.69, 9.17) is 4.74 Å². The zero-order valence-corrected chi connectivity index (χ0v) is 11.2. The quantitative estimate of drug-likeness (QED) is 0.595. The average Bonchev–Trinajstić information content (AvgIpc) is 2.29. The van der Waals surface area contributed by atoms with Gasteiger partial charge in [0.05, 0.1) is 11.7 Å². The van der Waals surface area contributed by atoms with E-state index in [0.717, 1.165) is 12.8 Å². The van der Waals surface area contributed by atoms with Gasteiger partial charge in [0.25, 0.3) is 0 Å². The number of amides is 1. The molecule has 0 rings (SSSR count). The largest absolute Gasteiger partial charge is 0.435 e. The number of rotatable bonds is 5. The third-order valence-corrected chi connectivity index (χ3v) is 2.55. The highest BCUT2D eigenvalue weighted by Gasteiger charge is 2.30. The number of hydrogen-bond donors (Lipinski definition) is 1. The van der Waals surface area contributed by atoms with Gasteiger partial charge in [0, 0.05) is 6.92 Å². The van der Waals surface area contributed by atoms with Crippen LogP contribution in [0.25, 0.3) is 0 Å². The maximum Gasteiger partial charge on any atom is 0.316 e. The second kappa shape index (κ2) is 9.63. The smallest absolute Gasteiger partial charge is 0.316 e. The van der Waals surface area contributed by atoms with Crippen LogP contribution in [0.3, 0.4) is 0 Å². The highest BCUT2D eigenvalue weighted by molar-refractivity contribution is 5.76. The molecule has 0 spiro atoms. The predicted octanol–water partition coefficient (Wildman–Crippen LogP) is 2.77. The summed E-state index contributed by atoms with van der Waals surface area (Å²) >= 11 is 0. The Bertz CT molecular complexity index is 268. The first-order valence-electron chi connectivity index (χ1n) is 5.57. The van der Waals surface area contributed by atoms with Crippen molar-refractivity contribution in [3.05, 3.63) is 25.6 Å². The lowest BCUT2D eigenvalue weighted by Crippen LogP contribution is -2.26. The fourth-order valence-corrected chi connectivity index (χ4v) is 0.900. The van der Waals surface area contributed by atoms with Crippen molar-refractivity contribution in [2.75, 3.05) is 0 Å².